The molecule has 18 heavy (non-hydrogen) atoms. The summed E-state index contributed by atoms with van der Waals surface area (Å²) in [5.41, 5.74) is 11.0. The molecule has 0 fully saturated rings. The van der Waals surface area contributed by atoms with Gasteiger partial charge in [-0.25, -0.2) is 0 Å². The lowest BCUT2D eigenvalue weighted by Gasteiger charge is -2.10. The van der Waals surface area contributed by atoms with Gasteiger partial charge < -0.3 is 16.8 Å². The van der Waals surface area contributed by atoms with Gasteiger partial charge in [-0.15, -0.1) is 11.3 Å². The lowest BCUT2D eigenvalue weighted by molar-refractivity contribution is -0.128. The molecule has 0 saturated heterocycles. The van der Waals surface area contributed by atoms with Gasteiger partial charge in [0, 0.05) is 4.88 Å². The second-order valence-corrected chi connectivity index (χ2v) is 4.92. The Morgan fingerprint density at radius 2 is 1.89 bits per heavy atom. The monoisotopic (exact) mass is 269 g/mol. The van der Waals surface area contributed by atoms with Gasteiger partial charge >= 0.3 is 0 Å². The molecular weight excluding hydrogens is 254 g/mol. The molecule has 1 aromatic rings. The van der Waals surface area contributed by atoms with Crippen molar-refractivity contribution in [3.05, 3.63) is 21.4 Å². The highest BCUT2D eigenvalue weighted by molar-refractivity contribution is 7.14. The van der Waals surface area contributed by atoms with Crippen molar-refractivity contribution in [2.45, 2.75) is 26.3 Å². The fraction of sp³-hybridized carbons (Fsp3) is 0.364. The zero-order chi connectivity index (χ0) is 13.9. The number of hydrogen-bond acceptors (Lipinski definition) is 4. The van der Waals surface area contributed by atoms with E-state index < -0.39 is 23.8 Å². The molecule has 1 heterocycles. The Hall–Kier alpha value is -1.89. The molecule has 0 aromatic carbocycles. The molecule has 6 nitrogen and oxygen atoms in total. The van der Waals surface area contributed by atoms with E-state index in [9.17, 15) is 14.4 Å². The molecule has 0 aliphatic heterocycles. The summed E-state index contributed by atoms with van der Waals surface area (Å²) in [4.78, 5) is 35.2. The van der Waals surface area contributed by atoms with Gasteiger partial charge in [-0.2, -0.15) is 0 Å². The molecule has 1 aromatic heterocycles. The van der Waals surface area contributed by atoms with E-state index in [0.717, 1.165) is 16.9 Å². The van der Waals surface area contributed by atoms with Crippen molar-refractivity contribution < 1.29 is 14.4 Å². The normalized spacial score (nSPS) is 10.4. The average Bonchev–Trinajstić information content (AvgIpc) is 2.66. The van der Waals surface area contributed by atoms with Crippen molar-refractivity contribution >= 4 is 29.1 Å². The van der Waals surface area contributed by atoms with Gasteiger partial charge in [-0.05, 0) is 25.0 Å². The van der Waals surface area contributed by atoms with Crippen LogP contribution in [0.2, 0.25) is 0 Å². The summed E-state index contributed by atoms with van der Waals surface area (Å²) in [5.74, 6) is -2.47. The topological polar surface area (TPSA) is 115 Å². The van der Waals surface area contributed by atoms with Crippen LogP contribution in [0.15, 0.2) is 6.07 Å². The first kappa shape index (κ1) is 14.2. The van der Waals surface area contributed by atoms with Crippen LogP contribution in [0.25, 0.3) is 0 Å². The molecule has 98 valence electrons. The van der Waals surface area contributed by atoms with Crippen molar-refractivity contribution in [2.24, 2.45) is 11.5 Å². The van der Waals surface area contributed by atoms with Gasteiger partial charge in [0.05, 0.1) is 4.88 Å². The fourth-order valence-electron chi connectivity index (χ4n) is 1.47. The predicted molar refractivity (Wildman–Crippen MR) is 68.1 cm³/mol. The van der Waals surface area contributed by atoms with Crippen molar-refractivity contribution in [3.8, 4) is 0 Å². The SMILES string of the molecule is CCc1sc(C(=O)NC(C(N)=O)C(N)=O)cc1C. The predicted octanol–water partition coefficient (Wildman–Crippen LogP) is -0.312. The Labute approximate surface area is 108 Å². The second-order valence-electron chi connectivity index (χ2n) is 3.78. The minimum Gasteiger partial charge on any atom is -0.367 e. The van der Waals surface area contributed by atoms with Crippen molar-refractivity contribution in [1.29, 1.82) is 0 Å². The van der Waals surface area contributed by atoms with Gasteiger partial charge in [0.15, 0.2) is 6.04 Å². The third-order valence-electron chi connectivity index (χ3n) is 2.41. The molecule has 0 aliphatic rings. The smallest absolute Gasteiger partial charge is 0.262 e. The summed E-state index contributed by atoms with van der Waals surface area (Å²) in [6.45, 7) is 3.88. The number of aryl methyl sites for hydroxylation is 2. The van der Waals surface area contributed by atoms with Gasteiger partial charge in [-0.1, -0.05) is 6.92 Å². The standard InChI is InChI=1S/C11H15N3O3S/c1-3-6-5(2)4-7(18-6)11(17)14-8(9(12)15)10(13)16/h4,8H,3H2,1-2H3,(H2,12,15)(H2,13,16)(H,14,17). The number of nitrogens with two attached hydrogens (primary N) is 2. The first-order chi connectivity index (χ1) is 8.36. The number of amides is 3. The Morgan fingerprint density at radius 1 is 1.33 bits per heavy atom. The number of carbonyl (C=O) groups excluding carboxylic acids is 3. The molecule has 0 aliphatic carbocycles. The maximum absolute atomic E-state index is 11.8. The van der Waals surface area contributed by atoms with Crippen molar-refractivity contribution in [3.63, 3.8) is 0 Å². The number of thiophene rings is 1. The molecular formula is C11H15N3O3S. The van der Waals surface area contributed by atoms with Crippen LogP contribution in [0.5, 0.6) is 0 Å². The number of nitrogens with one attached hydrogen (secondary N) is 1. The van der Waals surface area contributed by atoms with Crippen LogP contribution in [0.1, 0.15) is 27.0 Å². The third-order valence-corrected chi connectivity index (χ3v) is 3.79. The Bertz CT molecular complexity index is 482. The second kappa shape index (κ2) is 5.63. The maximum atomic E-state index is 11.8. The van der Waals surface area contributed by atoms with E-state index in [4.69, 9.17) is 11.5 Å². The van der Waals surface area contributed by atoms with Crippen molar-refractivity contribution in [1.82, 2.24) is 5.32 Å². The lowest BCUT2D eigenvalue weighted by Crippen LogP contribution is -2.52. The summed E-state index contributed by atoms with van der Waals surface area (Å²) in [5, 5.41) is 2.22. The molecule has 0 unspecified atom stereocenters. The van der Waals surface area contributed by atoms with Crippen LogP contribution in [-0.2, 0) is 16.0 Å². The van der Waals surface area contributed by atoms with Crippen LogP contribution in [0.4, 0.5) is 0 Å². The van der Waals surface area contributed by atoms with Crippen molar-refractivity contribution in [2.75, 3.05) is 0 Å². The van der Waals surface area contributed by atoms with E-state index in [0.29, 0.717) is 4.88 Å². The summed E-state index contributed by atoms with van der Waals surface area (Å²) in [6.07, 6.45) is 0.818. The zero-order valence-electron chi connectivity index (χ0n) is 10.1. The molecule has 0 radical (unpaired) electrons. The fourth-order valence-corrected chi connectivity index (χ4v) is 2.48. The van der Waals surface area contributed by atoms with E-state index in [1.807, 2.05) is 13.8 Å². The van der Waals surface area contributed by atoms with Crippen LogP contribution in [-0.4, -0.2) is 23.8 Å². The highest BCUT2D eigenvalue weighted by Crippen LogP contribution is 2.22. The quantitative estimate of drug-likeness (QED) is 0.636. The van der Waals surface area contributed by atoms with Gasteiger partial charge in [0.1, 0.15) is 0 Å². The van der Waals surface area contributed by atoms with Gasteiger partial charge in [-0.3, -0.25) is 14.4 Å². The Morgan fingerprint density at radius 3 is 2.28 bits per heavy atom. The van der Waals surface area contributed by atoms with Crippen LogP contribution < -0.4 is 16.8 Å². The summed E-state index contributed by atoms with van der Waals surface area (Å²) in [7, 11) is 0. The largest absolute Gasteiger partial charge is 0.367 e. The molecule has 5 N–H and O–H groups in total. The number of rotatable bonds is 5. The number of primary amides is 2. The van der Waals surface area contributed by atoms with Crippen LogP contribution >= 0.6 is 11.3 Å². The highest BCUT2D eigenvalue weighted by atomic mass is 32.1. The lowest BCUT2D eigenvalue weighted by atomic mass is 10.2. The van der Waals surface area contributed by atoms with E-state index >= 15 is 0 Å². The first-order valence-corrected chi connectivity index (χ1v) is 6.17. The minimum atomic E-state index is -1.48. The molecule has 0 spiro atoms. The summed E-state index contributed by atoms with van der Waals surface area (Å²) >= 11 is 1.32. The number of hydrogen-bond donors (Lipinski definition) is 3. The number of carbonyl (C=O) groups is 3. The minimum absolute atomic E-state index is 0.428. The third kappa shape index (κ3) is 3.07. The molecule has 1 rings (SSSR count). The van der Waals surface area contributed by atoms with E-state index in [2.05, 4.69) is 5.32 Å². The Balaban J connectivity index is 2.87. The summed E-state index contributed by atoms with van der Waals surface area (Å²) < 4.78 is 0. The van der Waals surface area contributed by atoms with Crippen LogP contribution in [0.3, 0.4) is 0 Å². The molecule has 0 bridgehead atoms. The average molecular weight is 269 g/mol. The highest BCUT2D eigenvalue weighted by Gasteiger charge is 2.25. The molecule has 7 heteroatoms. The maximum Gasteiger partial charge on any atom is 0.262 e. The molecule has 3 amide bonds. The van der Waals surface area contributed by atoms with E-state index in [-0.39, 0.29) is 0 Å². The van der Waals surface area contributed by atoms with Gasteiger partial charge in [0.2, 0.25) is 11.8 Å². The first-order valence-electron chi connectivity index (χ1n) is 5.35. The van der Waals surface area contributed by atoms with Crippen LogP contribution in [0, 0.1) is 6.92 Å². The molecule has 0 atom stereocenters. The Kier molecular flexibility index (Phi) is 4.43. The summed E-state index contributed by atoms with van der Waals surface area (Å²) in [6, 6.07) is 0.225. The molecule has 0 saturated carbocycles. The zero-order valence-corrected chi connectivity index (χ0v) is 11.0. The van der Waals surface area contributed by atoms with E-state index in [1.165, 1.54) is 11.3 Å². The van der Waals surface area contributed by atoms with Gasteiger partial charge in [0.25, 0.3) is 5.91 Å². The van der Waals surface area contributed by atoms with E-state index in [1.54, 1.807) is 6.07 Å².